The molecule has 2 aromatic rings. The van der Waals surface area contributed by atoms with Gasteiger partial charge in [0.2, 0.25) is 5.91 Å². The average molecular weight is 423 g/mol. The summed E-state index contributed by atoms with van der Waals surface area (Å²) < 4.78 is 1.71. The number of aromatic amines is 1. The van der Waals surface area contributed by atoms with E-state index in [0.29, 0.717) is 43.8 Å². The van der Waals surface area contributed by atoms with Crippen LogP contribution in [0.3, 0.4) is 0 Å². The number of nitrogens with zero attached hydrogens (tertiary/aromatic N) is 4. The van der Waals surface area contributed by atoms with Crippen molar-refractivity contribution >= 4 is 29.9 Å². The molecule has 0 aliphatic carbocycles. The number of nitrogens with one attached hydrogen (secondary N) is 2. The van der Waals surface area contributed by atoms with Crippen molar-refractivity contribution in [3.05, 3.63) is 33.9 Å². The third-order valence-corrected chi connectivity index (χ3v) is 5.74. The highest BCUT2D eigenvalue weighted by Crippen LogP contribution is 2.25. The molecule has 2 N–H and O–H groups in total. The normalized spacial score (nSPS) is 18.0. The highest BCUT2D eigenvalue weighted by atomic mass is 35.5. The highest BCUT2D eigenvalue weighted by Gasteiger charge is 2.27. The van der Waals surface area contributed by atoms with Crippen molar-refractivity contribution in [1.82, 2.24) is 29.7 Å². The number of aromatic nitrogens is 3. The number of hydrogen-bond donors (Lipinski definition) is 2. The number of halogens is 1. The second-order valence-electron chi connectivity index (χ2n) is 7.43. The van der Waals surface area contributed by atoms with E-state index in [9.17, 15) is 14.4 Å². The van der Waals surface area contributed by atoms with E-state index in [0.717, 1.165) is 31.6 Å². The number of amides is 2. The van der Waals surface area contributed by atoms with Crippen LogP contribution in [0.2, 0.25) is 0 Å². The van der Waals surface area contributed by atoms with Crippen molar-refractivity contribution in [3.63, 3.8) is 0 Å². The van der Waals surface area contributed by atoms with Gasteiger partial charge >= 0.3 is 0 Å². The number of piperazine rings is 1. The molecule has 2 aliphatic heterocycles. The molecule has 4 rings (SSSR count). The van der Waals surface area contributed by atoms with E-state index >= 15 is 0 Å². The lowest BCUT2D eigenvalue weighted by molar-refractivity contribution is -0.132. The first-order valence-corrected chi connectivity index (χ1v) is 9.97. The van der Waals surface area contributed by atoms with E-state index in [1.54, 1.807) is 26.6 Å². The number of hydrogen-bond acceptors (Lipinski definition) is 5. The van der Waals surface area contributed by atoms with Crippen LogP contribution in [0.5, 0.6) is 0 Å². The van der Waals surface area contributed by atoms with Crippen LogP contribution in [-0.4, -0.2) is 75.5 Å². The molecule has 0 unspecified atom stereocenters. The molecule has 2 amide bonds. The van der Waals surface area contributed by atoms with E-state index in [1.807, 2.05) is 6.92 Å². The molecular weight excluding hydrogens is 396 g/mol. The van der Waals surface area contributed by atoms with Gasteiger partial charge in [0.05, 0.1) is 11.9 Å². The Bertz CT molecular complexity index is 941. The molecule has 158 valence electrons. The average Bonchev–Trinajstić information content (AvgIpc) is 3.16. The van der Waals surface area contributed by atoms with Crippen molar-refractivity contribution in [1.29, 1.82) is 0 Å². The molecule has 0 radical (unpaired) electrons. The van der Waals surface area contributed by atoms with E-state index in [4.69, 9.17) is 0 Å². The summed E-state index contributed by atoms with van der Waals surface area (Å²) in [5.41, 5.74) is 1.51. The Morgan fingerprint density at radius 1 is 1.14 bits per heavy atom. The maximum Gasteiger partial charge on any atom is 0.259 e. The van der Waals surface area contributed by atoms with Crippen LogP contribution in [-0.2, 0) is 4.79 Å². The fourth-order valence-corrected chi connectivity index (χ4v) is 4.13. The number of piperidine rings is 1. The fourth-order valence-electron chi connectivity index (χ4n) is 4.13. The quantitative estimate of drug-likeness (QED) is 0.754. The van der Waals surface area contributed by atoms with Crippen LogP contribution in [0.25, 0.3) is 5.65 Å². The van der Waals surface area contributed by atoms with Gasteiger partial charge in [0.25, 0.3) is 11.5 Å². The Morgan fingerprint density at radius 2 is 1.79 bits per heavy atom. The second-order valence-corrected chi connectivity index (χ2v) is 7.43. The van der Waals surface area contributed by atoms with Gasteiger partial charge in [0, 0.05) is 44.6 Å². The summed E-state index contributed by atoms with van der Waals surface area (Å²) in [5, 5.41) is 7.75. The smallest absolute Gasteiger partial charge is 0.259 e. The molecule has 0 bridgehead atoms. The summed E-state index contributed by atoms with van der Waals surface area (Å²) in [6.45, 7) is 5.71. The summed E-state index contributed by atoms with van der Waals surface area (Å²) in [6, 6.07) is 1.60. The molecule has 2 aromatic heterocycles. The van der Waals surface area contributed by atoms with Crippen LogP contribution >= 0.6 is 12.4 Å². The van der Waals surface area contributed by atoms with Gasteiger partial charge in [-0.15, -0.1) is 12.4 Å². The number of rotatable bonds is 3. The van der Waals surface area contributed by atoms with Crippen molar-refractivity contribution in [3.8, 4) is 0 Å². The number of H-pyrrole nitrogens is 1. The van der Waals surface area contributed by atoms with Gasteiger partial charge in [-0.1, -0.05) is 6.92 Å². The molecule has 2 aliphatic rings. The topological polar surface area (TPSA) is 103 Å². The Labute approximate surface area is 174 Å². The molecule has 0 spiro atoms. The lowest BCUT2D eigenvalue weighted by Gasteiger charge is -2.34. The van der Waals surface area contributed by atoms with Gasteiger partial charge in [0.1, 0.15) is 11.2 Å². The van der Waals surface area contributed by atoms with Gasteiger partial charge in [-0.3, -0.25) is 14.4 Å². The zero-order valence-electron chi connectivity index (χ0n) is 16.5. The predicted molar refractivity (Wildman–Crippen MR) is 111 cm³/mol. The number of fused-ring (bicyclic) bond motifs is 1. The Hall–Kier alpha value is -2.39. The first kappa shape index (κ1) is 21.3. The molecule has 0 saturated carbocycles. The third kappa shape index (κ3) is 4.16. The molecular formula is C19H27ClN6O3. The molecule has 2 saturated heterocycles. The van der Waals surface area contributed by atoms with Crippen LogP contribution in [0.15, 0.2) is 17.1 Å². The minimum atomic E-state index is -0.214. The predicted octanol–water partition coefficient (Wildman–Crippen LogP) is 0.606. The van der Waals surface area contributed by atoms with Crippen molar-refractivity contribution in [2.75, 3.05) is 39.3 Å². The molecule has 10 heteroatoms. The summed E-state index contributed by atoms with van der Waals surface area (Å²) in [7, 11) is 0. The summed E-state index contributed by atoms with van der Waals surface area (Å²) >= 11 is 0. The zero-order chi connectivity index (χ0) is 19.7. The van der Waals surface area contributed by atoms with E-state index in [1.165, 1.54) is 0 Å². The number of carbonyl (C=O) groups is 2. The maximum absolute atomic E-state index is 13.1. The van der Waals surface area contributed by atoms with E-state index in [2.05, 4.69) is 15.4 Å². The SMILES string of the molecule is CCC(=O)N1CCN(C(=O)c2cnn3c(C4CCNCC4)cc(=O)[nH]c23)CC1.Cl. The lowest BCUT2D eigenvalue weighted by atomic mass is 9.94. The molecule has 4 heterocycles. The van der Waals surface area contributed by atoms with Gasteiger partial charge < -0.3 is 20.1 Å². The lowest BCUT2D eigenvalue weighted by Crippen LogP contribution is -2.50. The highest BCUT2D eigenvalue weighted by molar-refractivity contribution is 5.99. The van der Waals surface area contributed by atoms with Crippen LogP contribution < -0.4 is 10.9 Å². The van der Waals surface area contributed by atoms with Crippen molar-refractivity contribution in [2.24, 2.45) is 0 Å². The Balaban J connectivity index is 0.00000240. The first-order chi connectivity index (χ1) is 13.6. The van der Waals surface area contributed by atoms with Gasteiger partial charge in [-0.2, -0.15) is 5.10 Å². The standard InChI is InChI=1S/C19H26N6O3.ClH/c1-2-17(27)23-7-9-24(10-8-23)19(28)14-12-21-25-15(11-16(26)22-18(14)25)13-3-5-20-6-4-13;/h11-13,20H,2-10H2,1H3,(H,22,26);1H. The van der Waals surface area contributed by atoms with E-state index in [-0.39, 0.29) is 35.7 Å². The molecule has 9 nitrogen and oxygen atoms in total. The van der Waals surface area contributed by atoms with E-state index < -0.39 is 0 Å². The summed E-state index contributed by atoms with van der Waals surface area (Å²) in [6.07, 6.45) is 3.90. The minimum Gasteiger partial charge on any atom is -0.339 e. The summed E-state index contributed by atoms with van der Waals surface area (Å²) in [5.74, 6) is 0.202. The first-order valence-electron chi connectivity index (χ1n) is 9.97. The van der Waals surface area contributed by atoms with Crippen LogP contribution in [0, 0.1) is 0 Å². The van der Waals surface area contributed by atoms with Crippen molar-refractivity contribution < 1.29 is 9.59 Å². The van der Waals surface area contributed by atoms with Crippen LogP contribution in [0.4, 0.5) is 0 Å². The molecule has 2 fully saturated rings. The Morgan fingerprint density at radius 3 is 2.45 bits per heavy atom. The molecule has 29 heavy (non-hydrogen) atoms. The second kappa shape index (κ2) is 8.96. The maximum atomic E-state index is 13.1. The Kier molecular flexibility index (Phi) is 6.59. The van der Waals surface area contributed by atoms with Crippen molar-refractivity contribution in [2.45, 2.75) is 32.1 Å². The largest absolute Gasteiger partial charge is 0.339 e. The molecule has 0 atom stereocenters. The minimum absolute atomic E-state index is 0. The number of carbonyl (C=O) groups excluding carboxylic acids is 2. The molecule has 0 aromatic carbocycles. The van der Waals surface area contributed by atoms with Gasteiger partial charge in [-0.05, 0) is 25.9 Å². The fraction of sp³-hybridized carbons (Fsp3) is 0.579. The van der Waals surface area contributed by atoms with Crippen LogP contribution in [0.1, 0.15) is 48.2 Å². The van der Waals surface area contributed by atoms with Gasteiger partial charge in [0.15, 0.2) is 0 Å². The monoisotopic (exact) mass is 422 g/mol. The summed E-state index contributed by atoms with van der Waals surface area (Å²) in [4.78, 5) is 43.5. The van der Waals surface area contributed by atoms with Gasteiger partial charge in [-0.25, -0.2) is 4.52 Å². The zero-order valence-corrected chi connectivity index (χ0v) is 17.3. The third-order valence-electron chi connectivity index (χ3n) is 5.74.